The maximum absolute atomic E-state index is 11.8. The summed E-state index contributed by atoms with van der Waals surface area (Å²) in [5, 5.41) is 2.96. The van der Waals surface area contributed by atoms with Gasteiger partial charge in [0.25, 0.3) is 0 Å². The van der Waals surface area contributed by atoms with Crippen LogP contribution < -0.4 is 11.1 Å². The molecule has 0 unspecified atom stereocenters. The quantitative estimate of drug-likeness (QED) is 0.818. The minimum Gasteiger partial charge on any atom is -0.369 e. The number of thioether (sulfide) groups is 1. The number of nitrogens with one attached hydrogen (secondary N) is 1. The number of carbonyl (C=O) groups excluding carboxylic acids is 2. The summed E-state index contributed by atoms with van der Waals surface area (Å²) in [5.74, 6) is -0.0373. The molecule has 0 aliphatic heterocycles. The highest BCUT2D eigenvalue weighted by atomic mass is 32.2. The van der Waals surface area contributed by atoms with Gasteiger partial charge in [-0.2, -0.15) is 0 Å². The predicted octanol–water partition coefficient (Wildman–Crippen LogP) is 1.68. The van der Waals surface area contributed by atoms with E-state index in [2.05, 4.69) is 26.1 Å². The lowest BCUT2D eigenvalue weighted by Crippen LogP contribution is -2.47. The summed E-state index contributed by atoms with van der Waals surface area (Å²) < 4.78 is 0.0764. The van der Waals surface area contributed by atoms with Gasteiger partial charge in [0, 0.05) is 10.8 Å². The molecule has 104 valence electrons. The van der Waals surface area contributed by atoms with Crippen molar-refractivity contribution in [2.45, 2.75) is 57.2 Å². The Morgan fingerprint density at radius 1 is 1.28 bits per heavy atom. The molecule has 4 nitrogen and oxygen atoms in total. The molecule has 5 heteroatoms. The second-order valence-electron chi connectivity index (χ2n) is 5.87. The van der Waals surface area contributed by atoms with Crippen LogP contribution in [-0.4, -0.2) is 28.4 Å². The normalized spacial score (nSPS) is 24.6. The zero-order chi connectivity index (χ0) is 13.8. The van der Waals surface area contributed by atoms with Gasteiger partial charge < -0.3 is 11.1 Å². The third kappa shape index (κ3) is 5.29. The molecular formula is C13H24N2O2S. The molecule has 0 radical (unpaired) electrons. The lowest BCUT2D eigenvalue weighted by atomic mass is 9.84. The Morgan fingerprint density at radius 2 is 1.89 bits per heavy atom. The average Bonchev–Trinajstić information content (AvgIpc) is 2.26. The molecule has 0 bridgehead atoms. The molecule has 1 fully saturated rings. The summed E-state index contributed by atoms with van der Waals surface area (Å²) in [6, 6.07) is -0.0654. The van der Waals surface area contributed by atoms with Crippen LogP contribution >= 0.6 is 11.8 Å². The van der Waals surface area contributed by atoms with Crippen molar-refractivity contribution in [3.8, 4) is 0 Å². The minimum absolute atomic E-state index is 0.00748. The number of hydrogen-bond donors (Lipinski definition) is 2. The third-order valence-corrected chi connectivity index (χ3v) is 4.39. The van der Waals surface area contributed by atoms with Crippen molar-refractivity contribution in [2.75, 3.05) is 5.75 Å². The van der Waals surface area contributed by atoms with Gasteiger partial charge in [-0.25, -0.2) is 0 Å². The van der Waals surface area contributed by atoms with Crippen molar-refractivity contribution in [1.29, 1.82) is 0 Å². The van der Waals surface area contributed by atoms with Crippen LogP contribution in [-0.2, 0) is 9.59 Å². The first-order valence-corrected chi connectivity index (χ1v) is 7.51. The van der Waals surface area contributed by atoms with E-state index in [1.165, 1.54) is 0 Å². The van der Waals surface area contributed by atoms with E-state index in [0.717, 1.165) is 25.7 Å². The lowest BCUT2D eigenvalue weighted by molar-refractivity contribution is -0.125. The summed E-state index contributed by atoms with van der Waals surface area (Å²) in [6.45, 7) is 6.24. The SMILES string of the molecule is CC(C)(C)SCC(=O)N[C@@H]1CCCC[C@@H]1C(N)=O. The Balaban J connectivity index is 2.44. The molecule has 0 aromatic heterocycles. The first kappa shape index (κ1) is 15.3. The van der Waals surface area contributed by atoms with Gasteiger partial charge in [0.15, 0.2) is 0 Å². The molecule has 3 N–H and O–H groups in total. The largest absolute Gasteiger partial charge is 0.369 e. The molecule has 2 amide bonds. The van der Waals surface area contributed by atoms with Crippen LogP contribution in [0.1, 0.15) is 46.5 Å². The number of primary amides is 1. The van der Waals surface area contributed by atoms with Gasteiger partial charge in [0.05, 0.1) is 11.7 Å². The van der Waals surface area contributed by atoms with E-state index in [-0.39, 0.29) is 28.5 Å². The van der Waals surface area contributed by atoms with Crippen LogP contribution in [0.4, 0.5) is 0 Å². The highest BCUT2D eigenvalue weighted by molar-refractivity contribution is 8.01. The highest BCUT2D eigenvalue weighted by Crippen LogP contribution is 2.25. The molecule has 0 saturated heterocycles. The van der Waals surface area contributed by atoms with Gasteiger partial charge in [-0.3, -0.25) is 9.59 Å². The number of amides is 2. The molecule has 0 aromatic carbocycles. The Hall–Kier alpha value is -0.710. The Bertz CT molecular complexity index is 313. The van der Waals surface area contributed by atoms with E-state index in [9.17, 15) is 9.59 Å². The van der Waals surface area contributed by atoms with Crippen molar-refractivity contribution in [2.24, 2.45) is 11.7 Å². The van der Waals surface area contributed by atoms with E-state index in [0.29, 0.717) is 5.75 Å². The van der Waals surface area contributed by atoms with Gasteiger partial charge in [-0.05, 0) is 12.8 Å². The fourth-order valence-corrected chi connectivity index (χ4v) is 2.82. The molecular weight excluding hydrogens is 248 g/mol. The molecule has 0 heterocycles. The van der Waals surface area contributed by atoms with E-state index in [1.54, 1.807) is 11.8 Å². The summed E-state index contributed by atoms with van der Waals surface area (Å²) >= 11 is 1.61. The van der Waals surface area contributed by atoms with Crippen LogP contribution in [0, 0.1) is 5.92 Å². The zero-order valence-corrected chi connectivity index (χ0v) is 12.3. The van der Waals surface area contributed by atoms with Gasteiger partial charge in [0.2, 0.25) is 11.8 Å². The average molecular weight is 272 g/mol. The predicted molar refractivity (Wildman–Crippen MR) is 75.3 cm³/mol. The van der Waals surface area contributed by atoms with Crippen molar-refractivity contribution >= 4 is 23.6 Å². The van der Waals surface area contributed by atoms with Crippen molar-refractivity contribution in [3.05, 3.63) is 0 Å². The fraction of sp³-hybridized carbons (Fsp3) is 0.846. The number of hydrogen-bond acceptors (Lipinski definition) is 3. The maximum Gasteiger partial charge on any atom is 0.230 e. The van der Waals surface area contributed by atoms with Gasteiger partial charge in [0.1, 0.15) is 0 Å². The lowest BCUT2D eigenvalue weighted by Gasteiger charge is -2.30. The summed E-state index contributed by atoms with van der Waals surface area (Å²) in [4.78, 5) is 23.2. The number of carbonyl (C=O) groups is 2. The summed E-state index contributed by atoms with van der Waals surface area (Å²) in [6.07, 6.45) is 3.74. The van der Waals surface area contributed by atoms with Crippen LogP contribution in [0.5, 0.6) is 0 Å². The summed E-state index contributed by atoms with van der Waals surface area (Å²) in [7, 11) is 0. The van der Waals surface area contributed by atoms with Gasteiger partial charge in [-0.1, -0.05) is 33.6 Å². The molecule has 0 spiro atoms. The molecule has 1 saturated carbocycles. The molecule has 18 heavy (non-hydrogen) atoms. The van der Waals surface area contributed by atoms with Gasteiger partial charge in [-0.15, -0.1) is 11.8 Å². The van der Waals surface area contributed by atoms with Crippen LogP contribution in [0.2, 0.25) is 0 Å². The van der Waals surface area contributed by atoms with E-state index < -0.39 is 0 Å². The Morgan fingerprint density at radius 3 is 2.44 bits per heavy atom. The maximum atomic E-state index is 11.8. The van der Waals surface area contributed by atoms with E-state index >= 15 is 0 Å². The topological polar surface area (TPSA) is 72.2 Å². The third-order valence-electron chi connectivity index (χ3n) is 3.11. The Kier molecular flexibility index (Phi) is 5.50. The molecule has 0 aromatic rings. The zero-order valence-electron chi connectivity index (χ0n) is 11.5. The smallest absolute Gasteiger partial charge is 0.230 e. The monoisotopic (exact) mass is 272 g/mol. The first-order chi connectivity index (χ1) is 8.29. The summed E-state index contributed by atoms with van der Waals surface area (Å²) in [5.41, 5.74) is 5.38. The van der Waals surface area contributed by atoms with Crippen LogP contribution in [0.15, 0.2) is 0 Å². The number of rotatable bonds is 4. The van der Waals surface area contributed by atoms with E-state index in [1.807, 2.05) is 0 Å². The van der Waals surface area contributed by atoms with Gasteiger partial charge >= 0.3 is 0 Å². The van der Waals surface area contributed by atoms with Crippen molar-refractivity contribution in [1.82, 2.24) is 5.32 Å². The standard InChI is InChI=1S/C13H24N2O2S/c1-13(2,3)18-8-11(16)15-10-7-5-4-6-9(10)12(14)17/h9-10H,4-8H2,1-3H3,(H2,14,17)(H,15,16)/t9-,10+/m0/s1. The first-order valence-electron chi connectivity index (χ1n) is 6.52. The molecule has 1 aliphatic rings. The van der Waals surface area contributed by atoms with Crippen molar-refractivity contribution in [3.63, 3.8) is 0 Å². The van der Waals surface area contributed by atoms with Crippen LogP contribution in [0.3, 0.4) is 0 Å². The second kappa shape index (κ2) is 6.45. The molecule has 2 atom stereocenters. The van der Waals surface area contributed by atoms with Crippen molar-refractivity contribution < 1.29 is 9.59 Å². The van der Waals surface area contributed by atoms with E-state index in [4.69, 9.17) is 5.73 Å². The highest BCUT2D eigenvalue weighted by Gasteiger charge is 2.30. The minimum atomic E-state index is -0.288. The number of nitrogens with two attached hydrogens (primary N) is 1. The molecule has 1 aliphatic carbocycles. The Labute approximate surface area is 113 Å². The van der Waals surface area contributed by atoms with Crippen LogP contribution in [0.25, 0.3) is 0 Å². The fourth-order valence-electron chi connectivity index (χ4n) is 2.17. The second-order valence-corrected chi connectivity index (χ2v) is 7.67. The molecule has 1 rings (SSSR count).